The van der Waals surface area contributed by atoms with Crippen LogP contribution in [0.2, 0.25) is 0 Å². The van der Waals surface area contributed by atoms with Gasteiger partial charge in [-0.15, -0.1) is 0 Å². The number of rotatable bonds is 3. The zero-order chi connectivity index (χ0) is 12.3. The summed E-state index contributed by atoms with van der Waals surface area (Å²) in [7, 11) is 4.28. The van der Waals surface area contributed by atoms with Crippen molar-refractivity contribution in [1.29, 1.82) is 0 Å². The summed E-state index contributed by atoms with van der Waals surface area (Å²) in [5.74, 6) is 0.558. The van der Waals surface area contributed by atoms with E-state index in [1.54, 1.807) is 0 Å². The van der Waals surface area contributed by atoms with Crippen LogP contribution in [0.25, 0.3) is 0 Å². The van der Waals surface area contributed by atoms with Crippen molar-refractivity contribution in [2.75, 3.05) is 14.1 Å². The molecule has 0 radical (unpaired) electrons. The average Bonchev–Trinajstić information content (AvgIpc) is 2.33. The summed E-state index contributed by atoms with van der Waals surface area (Å²) >= 11 is 0. The molecule has 0 saturated heterocycles. The van der Waals surface area contributed by atoms with Crippen LogP contribution in [0.4, 0.5) is 0 Å². The Labute approximate surface area is 104 Å². The highest BCUT2D eigenvalue weighted by Crippen LogP contribution is 2.36. The number of hydrogen-bond acceptors (Lipinski definition) is 3. The molecule has 94 valence electrons. The lowest BCUT2D eigenvalue weighted by Crippen LogP contribution is -2.41. The lowest BCUT2D eigenvalue weighted by molar-refractivity contribution is 0.151. The van der Waals surface area contributed by atoms with Gasteiger partial charge in [0, 0.05) is 24.5 Å². The first-order chi connectivity index (χ1) is 8.20. The maximum atomic E-state index is 6.31. The number of pyridine rings is 1. The van der Waals surface area contributed by atoms with E-state index in [0.717, 1.165) is 6.42 Å². The zero-order valence-corrected chi connectivity index (χ0v) is 10.8. The molecule has 2 N–H and O–H groups in total. The predicted octanol–water partition coefficient (Wildman–Crippen LogP) is 2.20. The van der Waals surface area contributed by atoms with Crippen LogP contribution < -0.4 is 5.73 Å². The topological polar surface area (TPSA) is 42.2 Å². The summed E-state index contributed by atoms with van der Waals surface area (Å²) in [4.78, 5) is 6.52. The molecule has 1 aliphatic rings. The quantitative estimate of drug-likeness (QED) is 0.870. The number of hydrogen-bond donors (Lipinski definition) is 1. The Bertz CT molecular complexity index is 337. The minimum Gasteiger partial charge on any atom is -0.327 e. The van der Waals surface area contributed by atoms with E-state index in [1.807, 2.05) is 18.5 Å². The normalized spacial score (nSPS) is 27.1. The Morgan fingerprint density at radius 1 is 1.35 bits per heavy atom. The Morgan fingerprint density at radius 3 is 2.71 bits per heavy atom. The highest BCUT2D eigenvalue weighted by atomic mass is 15.1. The van der Waals surface area contributed by atoms with Crippen molar-refractivity contribution in [3.63, 3.8) is 0 Å². The molecule has 17 heavy (non-hydrogen) atoms. The van der Waals surface area contributed by atoms with Crippen molar-refractivity contribution in [2.24, 2.45) is 11.7 Å². The predicted molar refractivity (Wildman–Crippen MR) is 70.6 cm³/mol. The molecule has 1 saturated carbocycles. The first kappa shape index (κ1) is 12.5. The number of nitrogens with zero attached hydrogens (tertiary/aromatic N) is 2. The Morgan fingerprint density at radius 2 is 2.12 bits per heavy atom. The van der Waals surface area contributed by atoms with Crippen molar-refractivity contribution in [3.05, 3.63) is 30.1 Å². The molecular weight excluding hydrogens is 210 g/mol. The maximum Gasteiger partial charge on any atom is 0.0400 e. The Balaban J connectivity index is 2.22. The van der Waals surface area contributed by atoms with Crippen LogP contribution in [0.5, 0.6) is 0 Å². The van der Waals surface area contributed by atoms with Gasteiger partial charge in [0.15, 0.2) is 0 Å². The minimum absolute atomic E-state index is 0.330. The largest absolute Gasteiger partial charge is 0.327 e. The minimum atomic E-state index is 0.330. The molecule has 0 bridgehead atoms. The highest BCUT2D eigenvalue weighted by Gasteiger charge is 2.31. The summed E-state index contributed by atoms with van der Waals surface area (Å²) in [5, 5.41) is 0. The van der Waals surface area contributed by atoms with Crippen LogP contribution in [0.15, 0.2) is 24.5 Å². The summed E-state index contributed by atoms with van der Waals surface area (Å²) < 4.78 is 0. The fourth-order valence-electron chi connectivity index (χ4n) is 3.06. The van der Waals surface area contributed by atoms with Crippen molar-refractivity contribution in [1.82, 2.24) is 9.88 Å². The van der Waals surface area contributed by atoms with Crippen LogP contribution >= 0.6 is 0 Å². The molecule has 0 spiro atoms. The van der Waals surface area contributed by atoms with E-state index in [0.29, 0.717) is 18.0 Å². The summed E-state index contributed by atoms with van der Waals surface area (Å²) in [5.41, 5.74) is 7.60. The molecule has 0 amide bonds. The molecule has 1 heterocycles. The van der Waals surface area contributed by atoms with E-state index >= 15 is 0 Å². The lowest BCUT2D eigenvalue weighted by atomic mass is 9.78. The molecule has 2 rings (SSSR count). The first-order valence-corrected chi connectivity index (χ1v) is 6.52. The standard InChI is InChI=1S/C14H23N3/c1-17(2)14(11-6-5-9-16-10-11)12-7-3-4-8-13(12)15/h5-6,9-10,12-14H,3-4,7-8,15H2,1-2H3/t12-,13+,14-/m0/s1. The fourth-order valence-corrected chi connectivity index (χ4v) is 3.06. The van der Waals surface area contributed by atoms with Gasteiger partial charge in [-0.2, -0.15) is 0 Å². The molecule has 1 aliphatic carbocycles. The van der Waals surface area contributed by atoms with E-state index in [1.165, 1.54) is 24.8 Å². The molecule has 3 nitrogen and oxygen atoms in total. The van der Waals surface area contributed by atoms with Crippen molar-refractivity contribution in [2.45, 2.75) is 37.8 Å². The third-order valence-corrected chi connectivity index (χ3v) is 3.86. The summed E-state index contributed by atoms with van der Waals surface area (Å²) in [6.07, 6.45) is 8.80. The second-order valence-electron chi connectivity index (χ2n) is 5.31. The molecule has 1 aromatic heterocycles. The van der Waals surface area contributed by atoms with Crippen molar-refractivity contribution >= 4 is 0 Å². The van der Waals surface area contributed by atoms with Crippen LogP contribution in [0, 0.1) is 5.92 Å². The smallest absolute Gasteiger partial charge is 0.0400 e. The first-order valence-electron chi connectivity index (χ1n) is 6.52. The van der Waals surface area contributed by atoms with Gasteiger partial charge in [0.25, 0.3) is 0 Å². The van der Waals surface area contributed by atoms with E-state index in [-0.39, 0.29) is 0 Å². The van der Waals surface area contributed by atoms with Gasteiger partial charge in [0.05, 0.1) is 0 Å². The molecule has 3 atom stereocenters. The molecule has 1 fully saturated rings. The van der Waals surface area contributed by atoms with Gasteiger partial charge < -0.3 is 10.6 Å². The van der Waals surface area contributed by atoms with Gasteiger partial charge in [0.1, 0.15) is 0 Å². The highest BCUT2D eigenvalue weighted by molar-refractivity contribution is 5.16. The molecule has 1 aromatic rings. The molecule has 0 aromatic carbocycles. The van der Waals surface area contributed by atoms with Crippen molar-refractivity contribution < 1.29 is 0 Å². The fraction of sp³-hybridized carbons (Fsp3) is 0.643. The van der Waals surface area contributed by atoms with Gasteiger partial charge in [-0.1, -0.05) is 18.9 Å². The van der Waals surface area contributed by atoms with Crippen LogP contribution in [-0.4, -0.2) is 30.0 Å². The van der Waals surface area contributed by atoms with Gasteiger partial charge in [0.2, 0.25) is 0 Å². The molecule has 0 aliphatic heterocycles. The molecule has 0 unspecified atom stereocenters. The van der Waals surface area contributed by atoms with E-state index in [9.17, 15) is 0 Å². The summed E-state index contributed by atoms with van der Waals surface area (Å²) in [6, 6.07) is 4.91. The van der Waals surface area contributed by atoms with E-state index in [4.69, 9.17) is 5.73 Å². The zero-order valence-electron chi connectivity index (χ0n) is 10.8. The van der Waals surface area contributed by atoms with Crippen LogP contribution in [-0.2, 0) is 0 Å². The third-order valence-electron chi connectivity index (χ3n) is 3.86. The number of nitrogens with two attached hydrogens (primary N) is 1. The van der Waals surface area contributed by atoms with Gasteiger partial charge in [-0.25, -0.2) is 0 Å². The van der Waals surface area contributed by atoms with E-state index in [2.05, 4.69) is 30.0 Å². The SMILES string of the molecule is CN(C)[C@@H](c1cccnc1)[C@H]1CCCC[C@H]1N. The molecular formula is C14H23N3. The van der Waals surface area contributed by atoms with Crippen LogP contribution in [0.1, 0.15) is 37.3 Å². The lowest BCUT2D eigenvalue weighted by Gasteiger charge is -2.38. The monoisotopic (exact) mass is 233 g/mol. The second-order valence-corrected chi connectivity index (χ2v) is 5.31. The van der Waals surface area contributed by atoms with Gasteiger partial charge in [-0.3, -0.25) is 4.98 Å². The summed E-state index contributed by atoms with van der Waals surface area (Å²) in [6.45, 7) is 0. The Kier molecular flexibility index (Phi) is 4.13. The van der Waals surface area contributed by atoms with Crippen LogP contribution in [0.3, 0.4) is 0 Å². The Hall–Kier alpha value is -0.930. The third kappa shape index (κ3) is 2.85. The average molecular weight is 233 g/mol. The number of aromatic nitrogens is 1. The second kappa shape index (κ2) is 5.61. The van der Waals surface area contributed by atoms with E-state index < -0.39 is 0 Å². The van der Waals surface area contributed by atoms with Gasteiger partial charge in [-0.05, 0) is 44.5 Å². The van der Waals surface area contributed by atoms with Crippen molar-refractivity contribution in [3.8, 4) is 0 Å². The maximum absolute atomic E-state index is 6.31. The van der Waals surface area contributed by atoms with Gasteiger partial charge >= 0.3 is 0 Å². The molecule has 3 heteroatoms.